The third kappa shape index (κ3) is 4.97. The summed E-state index contributed by atoms with van der Waals surface area (Å²) in [4.78, 5) is 36.1. The summed E-state index contributed by atoms with van der Waals surface area (Å²) >= 11 is 0. The predicted molar refractivity (Wildman–Crippen MR) is 105 cm³/mol. The van der Waals surface area contributed by atoms with E-state index in [4.69, 9.17) is 4.74 Å². The fourth-order valence-electron chi connectivity index (χ4n) is 3.05. The molecule has 1 aromatic heterocycles. The van der Waals surface area contributed by atoms with Gasteiger partial charge in [0, 0.05) is 38.8 Å². The molecule has 2 amide bonds. The first kappa shape index (κ1) is 19.6. The van der Waals surface area contributed by atoms with Gasteiger partial charge in [0.15, 0.2) is 0 Å². The Morgan fingerprint density at radius 1 is 1.11 bits per heavy atom. The first-order valence-corrected chi connectivity index (χ1v) is 9.39. The van der Waals surface area contributed by atoms with E-state index in [9.17, 15) is 9.59 Å². The molecule has 28 heavy (non-hydrogen) atoms. The zero-order valence-electron chi connectivity index (χ0n) is 16.2. The van der Waals surface area contributed by atoms with Gasteiger partial charge in [0.25, 0.3) is 5.91 Å². The van der Waals surface area contributed by atoms with Crippen LogP contribution >= 0.6 is 0 Å². The molecule has 1 N–H and O–H groups in total. The van der Waals surface area contributed by atoms with E-state index < -0.39 is 0 Å². The number of anilines is 1. The molecule has 2 heterocycles. The minimum Gasteiger partial charge on any atom is -0.450 e. The van der Waals surface area contributed by atoms with E-state index in [1.54, 1.807) is 22.8 Å². The Kier molecular flexibility index (Phi) is 6.41. The molecule has 0 saturated carbocycles. The number of nitrogens with one attached hydrogen (secondary N) is 1. The molecule has 1 aromatic carbocycles. The fourth-order valence-corrected chi connectivity index (χ4v) is 3.05. The van der Waals surface area contributed by atoms with Gasteiger partial charge in [0.1, 0.15) is 17.8 Å². The fraction of sp³-hybridized carbons (Fsp3) is 0.400. The number of piperazine rings is 1. The number of rotatable bonds is 5. The van der Waals surface area contributed by atoms with E-state index in [1.165, 1.54) is 11.9 Å². The van der Waals surface area contributed by atoms with Gasteiger partial charge in [0.05, 0.1) is 6.61 Å². The predicted octanol–water partition coefficient (Wildman–Crippen LogP) is 2.31. The van der Waals surface area contributed by atoms with Gasteiger partial charge >= 0.3 is 6.09 Å². The lowest BCUT2D eigenvalue weighted by Gasteiger charge is -2.33. The molecule has 0 spiro atoms. The quantitative estimate of drug-likeness (QED) is 0.853. The molecule has 0 unspecified atom stereocenters. The van der Waals surface area contributed by atoms with Crippen molar-refractivity contribution in [3.8, 4) is 0 Å². The second kappa shape index (κ2) is 9.16. The van der Waals surface area contributed by atoms with E-state index in [2.05, 4.69) is 21.4 Å². The second-order valence-electron chi connectivity index (χ2n) is 6.61. The van der Waals surface area contributed by atoms with Crippen LogP contribution in [-0.4, -0.2) is 64.6 Å². The lowest BCUT2D eigenvalue weighted by molar-refractivity contribution is 0.0566. The lowest BCUT2D eigenvalue weighted by Crippen LogP contribution is -2.50. The van der Waals surface area contributed by atoms with Gasteiger partial charge in [-0.1, -0.05) is 29.8 Å². The van der Waals surface area contributed by atoms with Crippen molar-refractivity contribution >= 4 is 17.8 Å². The number of hydrogen-bond donors (Lipinski definition) is 1. The Morgan fingerprint density at radius 2 is 1.86 bits per heavy atom. The lowest BCUT2D eigenvalue weighted by atomic mass is 10.1. The maximum atomic E-state index is 12.7. The molecule has 1 fully saturated rings. The highest BCUT2D eigenvalue weighted by Gasteiger charge is 2.26. The van der Waals surface area contributed by atoms with E-state index in [0.717, 1.165) is 5.56 Å². The molecule has 0 radical (unpaired) electrons. The number of carbonyl (C=O) groups is 2. The number of nitrogens with zero attached hydrogens (tertiary/aromatic N) is 4. The summed E-state index contributed by atoms with van der Waals surface area (Å²) in [5.41, 5.74) is 2.67. The maximum Gasteiger partial charge on any atom is 0.409 e. The molecule has 0 atom stereocenters. The summed E-state index contributed by atoms with van der Waals surface area (Å²) in [6, 6.07) is 9.86. The highest BCUT2D eigenvalue weighted by atomic mass is 16.6. The zero-order chi connectivity index (χ0) is 19.9. The van der Waals surface area contributed by atoms with Crippen LogP contribution in [-0.2, 0) is 11.3 Å². The number of benzene rings is 1. The molecule has 0 bridgehead atoms. The summed E-state index contributed by atoms with van der Waals surface area (Å²) in [6.07, 6.45) is 1.06. The third-order valence-corrected chi connectivity index (χ3v) is 4.54. The minimum absolute atomic E-state index is 0.162. The van der Waals surface area contributed by atoms with E-state index in [-0.39, 0.29) is 12.0 Å². The Morgan fingerprint density at radius 3 is 2.57 bits per heavy atom. The first-order valence-electron chi connectivity index (χ1n) is 9.39. The van der Waals surface area contributed by atoms with Crippen LogP contribution < -0.4 is 5.32 Å². The topological polar surface area (TPSA) is 87.7 Å². The summed E-state index contributed by atoms with van der Waals surface area (Å²) in [7, 11) is 0. The van der Waals surface area contributed by atoms with Crippen molar-refractivity contribution in [2.24, 2.45) is 0 Å². The van der Waals surface area contributed by atoms with Crippen molar-refractivity contribution in [2.75, 3.05) is 38.1 Å². The van der Waals surface area contributed by atoms with Gasteiger partial charge in [0.2, 0.25) is 0 Å². The van der Waals surface area contributed by atoms with Crippen LogP contribution in [0.5, 0.6) is 0 Å². The smallest absolute Gasteiger partial charge is 0.409 e. The number of hydrogen-bond acceptors (Lipinski definition) is 6. The Bertz CT molecular complexity index is 834. The van der Waals surface area contributed by atoms with Crippen LogP contribution in [0.25, 0.3) is 0 Å². The van der Waals surface area contributed by atoms with Crippen molar-refractivity contribution in [3.63, 3.8) is 0 Å². The largest absolute Gasteiger partial charge is 0.450 e. The molecule has 8 nitrogen and oxygen atoms in total. The highest BCUT2D eigenvalue weighted by Crippen LogP contribution is 2.12. The average molecular weight is 383 g/mol. The molecule has 1 aliphatic heterocycles. The summed E-state index contributed by atoms with van der Waals surface area (Å²) in [5, 5.41) is 3.23. The molecular formula is C20H25N5O3. The SMILES string of the molecule is CCOC(=O)N1CCN(C(=O)c2cc(NCc3cccc(C)c3)ncn2)CC1. The average Bonchev–Trinajstić information content (AvgIpc) is 2.72. The Labute approximate surface area is 164 Å². The van der Waals surface area contributed by atoms with E-state index in [0.29, 0.717) is 50.8 Å². The van der Waals surface area contributed by atoms with Crippen LogP contribution in [0.15, 0.2) is 36.7 Å². The normalized spacial score (nSPS) is 13.9. The van der Waals surface area contributed by atoms with Gasteiger partial charge in [-0.3, -0.25) is 4.79 Å². The van der Waals surface area contributed by atoms with Gasteiger partial charge in [-0.25, -0.2) is 14.8 Å². The third-order valence-electron chi connectivity index (χ3n) is 4.54. The number of amides is 2. The second-order valence-corrected chi connectivity index (χ2v) is 6.61. The summed E-state index contributed by atoms with van der Waals surface area (Å²) in [6.45, 7) is 6.59. The van der Waals surface area contributed by atoms with Crippen molar-refractivity contribution in [1.82, 2.24) is 19.8 Å². The van der Waals surface area contributed by atoms with Crippen LogP contribution in [0, 0.1) is 6.92 Å². The molecule has 3 rings (SSSR count). The van der Waals surface area contributed by atoms with Gasteiger partial charge in [-0.15, -0.1) is 0 Å². The highest BCUT2D eigenvalue weighted by molar-refractivity contribution is 5.93. The van der Waals surface area contributed by atoms with Gasteiger partial charge in [-0.05, 0) is 19.4 Å². The number of aromatic nitrogens is 2. The van der Waals surface area contributed by atoms with Crippen LogP contribution in [0.2, 0.25) is 0 Å². The standard InChI is InChI=1S/C20H25N5O3/c1-3-28-20(27)25-9-7-24(8-10-25)19(26)17-12-18(23-14-22-17)21-13-16-6-4-5-15(2)11-16/h4-6,11-12,14H,3,7-10,13H2,1-2H3,(H,21,22,23). The monoisotopic (exact) mass is 383 g/mol. The summed E-state index contributed by atoms with van der Waals surface area (Å²) < 4.78 is 5.00. The van der Waals surface area contributed by atoms with Crippen LogP contribution in [0.4, 0.5) is 10.6 Å². The number of carbonyl (C=O) groups excluding carboxylic acids is 2. The Balaban J connectivity index is 1.57. The van der Waals surface area contributed by atoms with Crippen LogP contribution in [0.1, 0.15) is 28.5 Å². The molecule has 0 aliphatic carbocycles. The number of aryl methyl sites for hydroxylation is 1. The van der Waals surface area contributed by atoms with E-state index in [1.807, 2.05) is 25.1 Å². The molecule has 1 aliphatic rings. The molecule has 2 aromatic rings. The summed E-state index contributed by atoms with van der Waals surface area (Å²) in [5.74, 6) is 0.439. The molecule has 148 valence electrons. The number of ether oxygens (including phenoxy) is 1. The first-order chi connectivity index (χ1) is 13.6. The van der Waals surface area contributed by atoms with Gasteiger partial charge in [-0.2, -0.15) is 0 Å². The zero-order valence-corrected chi connectivity index (χ0v) is 16.2. The maximum absolute atomic E-state index is 12.7. The molecular weight excluding hydrogens is 358 g/mol. The van der Waals surface area contributed by atoms with Crippen molar-refractivity contribution in [2.45, 2.75) is 20.4 Å². The van der Waals surface area contributed by atoms with Gasteiger partial charge < -0.3 is 19.9 Å². The van der Waals surface area contributed by atoms with Crippen molar-refractivity contribution in [3.05, 3.63) is 53.5 Å². The molecule has 8 heteroatoms. The van der Waals surface area contributed by atoms with Crippen molar-refractivity contribution in [1.29, 1.82) is 0 Å². The van der Waals surface area contributed by atoms with E-state index >= 15 is 0 Å². The molecule has 1 saturated heterocycles. The van der Waals surface area contributed by atoms with Crippen molar-refractivity contribution < 1.29 is 14.3 Å². The minimum atomic E-state index is -0.334. The Hall–Kier alpha value is -3.16. The van der Waals surface area contributed by atoms with Crippen LogP contribution in [0.3, 0.4) is 0 Å².